The summed E-state index contributed by atoms with van der Waals surface area (Å²) in [6, 6.07) is 20.6. The molecule has 1 saturated heterocycles. The number of carbonyl (C=O) groups excluding carboxylic acids is 3. The smallest absolute Gasteiger partial charge is 0.411 e. The molecule has 4 rings (SSSR count). The van der Waals surface area contributed by atoms with Crippen LogP contribution in [0.25, 0.3) is 11.1 Å². The molecular formula is C30H32ClN3O5. The molecule has 2 amide bonds. The topological polar surface area (TPSA) is 97.0 Å². The maximum absolute atomic E-state index is 12.6. The van der Waals surface area contributed by atoms with E-state index in [0.29, 0.717) is 55.2 Å². The average molecular weight is 550 g/mol. The Morgan fingerprint density at radius 1 is 0.949 bits per heavy atom. The van der Waals surface area contributed by atoms with Crippen molar-refractivity contribution in [3.05, 3.63) is 77.3 Å². The number of amides is 2. The van der Waals surface area contributed by atoms with Gasteiger partial charge in [-0.2, -0.15) is 0 Å². The fourth-order valence-corrected chi connectivity index (χ4v) is 4.78. The zero-order valence-corrected chi connectivity index (χ0v) is 22.8. The number of halogens is 1. The molecule has 0 spiro atoms. The van der Waals surface area contributed by atoms with Crippen molar-refractivity contribution in [1.82, 2.24) is 4.90 Å². The van der Waals surface area contributed by atoms with E-state index in [0.717, 1.165) is 11.1 Å². The number of nitrogens with zero attached hydrogens (tertiary/aromatic N) is 1. The second-order valence-corrected chi connectivity index (χ2v) is 9.78. The first-order valence-electron chi connectivity index (χ1n) is 12.9. The number of para-hydroxylation sites is 1. The average Bonchev–Trinajstić information content (AvgIpc) is 2.94. The predicted octanol–water partition coefficient (Wildman–Crippen LogP) is 6.26. The van der Waals surface area contributed by atoms with E-state index in [1.54, 1.807) is 6.07 Å². The highest BCUT2D eigenvalue weighted by Gasteiger charge is 2.23. The molecule has 0 aromatic heterocycles. The van der Waals surface area contributed by atoms with Gasteiger partial charge in [-0.05, 0) is 37.5 Å². The van der Waals surface area contributed by atoms with Crippen molar-refractivity contribution in [1.29, 1.82) is 0 Å². The minimum absolute atomic E-state index is 0.173. The molecule has 0 saturated carbocycles. The Balaban J connectivity index is 1.22. The van der Waals surface area contributed by atoms with Crippen molar-refractivity contribution < 1.29 is 23.9 Å². The van der Waals surface area contributed by atoms with Crippen LogP contribution in [0.2, 0.25) is 5.02 Å². The lowest BCUT2D eigenvalue weighted by atomic mass is 10.0. The SMILES string of the molecule is COc1cc(NC(=O)CCN2CCC(OC(=O)Nc3ccccc3-c3ccccc3)CC2)c(Cl)cc1C(C)=O. The molecule has 1 aliphatic heterocycles. The zero-order chi connectivity index (χ0) is 27.8. The Bertz CT molecular complexity index is 1320. The lowest BCUT2D eigenvalue weighted by Crippen LogP contribution is -2.39. The molecule has 3 aromatic rings. The van der Waals surface area contributed by atoms with Crippen molar-refractivity contribution in [2.45, 2.75) is 32.3 Å². The van der Waals surface area contributed by atoms with Crippen LogP contribution in [-0.4, -0.2) is 55.5 Å². The Kier molecular flexibility index (Phi) is 9.57. The number of anilines is 2. The van der Waals surface area contributed by atoms with E-state index in [1.807, 2.05) is 54.6 Å². The van der Waals surface area contributed by atoms with Crippen molar-refractivity contribution >= 4 is 40.8 Å². The van der Waals surface area contributed by atoms with Gasteiger partial charge >= 0.3 is 6.09 Å². The van der Waals surface area contributed by atoms with Gasteiger partial charge in [0.1, 0.15) is 11.9 Å². The monoisotopic (exact) mass is 549 g/mol. The van der Waals surface area contributed by atoms with Crippen LogP contribution in [-0.2, 0) is 9.53 Å². The highest BCUT2D eigenvalue weighted by atomic mass is 35.5. The maximum Gasteiger partial charge on any atom is 0.411 e. The number of hydrogen-bond acceptors (Lipinski definition) is 6. The third kappa shape index (κ3) is 7.59. The summed E-state index contributed by atoms with van der Waals surface area (Å²) < 4.78 is 11.0. The second-order valence-electron chi connectivity index (χ2n) is 9.37. The molecule has 0 unspecified atom stereocenters. The first-order chi connectivity index (χ1) is 18.8. The first kappa shape index (κ1) is 28.1. The maximum atomic E-state index is 12.6. The van der Waals surface area contributed by atoms with E-state index in [9.17, 15) is 14.4 Å². The Morgan fingerprint density at radius 3 is 2.33 bits per heavy atom. The quantitative estimate of drug-likeness (QED) is 0.306. The number of methoxy groups -OCH3 is 1. The highest BCUT2D eigenvalue weighted by molar-refractivity contribution is 6.34. The Hall–Kier alpha value is -3.88. The third-order valence-electron chi connectivity index (χ3n) is 6.65. The van der Waals surface area contributed by atoms with Crippen LogP contribution >= 0.6 is 11.6 Å². The molecule has 1 fully saturated rings. The standard InChI is InChI=1S/C30H32ClN3O5/c1-20(35)24-18-25(31)27(19-28(24)38-2)32-29(36)14-17-34-15-12-22(13-16-34)39-30(37)33-26-11-7-6-10-23(26)21-8-4-3-5-9-21/h3-11,18-19,22H,12-17H2,1-2H3,(H,32,36)(H,33,37). The summed E-state index contributed by atoms with van der Waals surface area (Å²) in [6.45, 7) is 3.43. The summed E-state index contributed by atoms with van der Waals surface area (Å²) in [4.78, 5) is 39.1. The number of piperidine rings is 1. The van der Waals surface area contributed by atoms with Gasteiger partial charge in [-0.25, -0.2) is 4.79 Å². The number of hydrogen-bond donors (Lipinski definition) is 2. The molecule has 0 aliphatic carbocycles. The summed E-state index contributed by atoms with van der Waals surface area (Å²) in [5, 5.41) is 5.96. The van der Waals surface area contributed by atoms with Crippen molar-refractivity contribution in [2.75, 3.05) is 37.4 Å². The molecule has 8 nitrogen and oxygen atoms in total. The highest BCUT2D eigenvalue weighted by Crippen LogP contribution is 2.31. The fraction of sp³-hybridized carbons (Fsp3) is 0.300. The number of likely N-dealkylation sites (tertiary alicyclic amines) is 1. The number of rotatable bonds is 9. The molecule has 204 valence electrons. The molecule has 1 aliphatic rings. The summed E-state index contributed by atoms with van der Waals surface area (Å²) in [5.74, 6) is -0.00489. The number of carbonyl (C=O) groups is 3. The molecule has 9 heteroatoms. The second kappa shape index (κ2) is 13.3. The molecule has 2 N–H and O–H groups in total. The number of ether oxygens (including phenoxy) is 2. The molecular weight excluding hydrogens is 518 g/mol. The van der Waals surface area contributed by atoms with Crippen LogP contribution < -0.4 is 15.4 Å². The zero-order valence-electron chi connectivity index (χ0n) is 22.0. The van der Waals surface area contributed by atoms with Gasteiger partial charge in [-0.3, -0.25) is 14.9 Å². The van der Waals surface area contributed by atoms with Gasteiger partial charge in [-0.15, -0.1) is 0 Å². The van der Waals surface area contributed by atoms with Crippen molar-refractivity contribution in [3.8, 4) is 16.9 Å². The van der Waals surface area contributed by atoms with Crippen LogP contribution in [0.3, 0.4) is 0 Å². The summed E-state index contributed by atoms with van der Waals surface area (Å²) >= 11 is 6.26. The molecule has 0 atom stereocenters. The van der Waals surface area contributed by atoms with Gasteiger partial charge in [-0.1, -0.05) is 60.1 Å². The minimum atomic E-state index is -0.473. The number of ketones is 1. The lowest BCUT2D eigenvalue weighted by molar-refractivity contribution is -0.116. The van der Waals surface area contributed by atoms with Crippen LogP contribution in [0.15, 0.2) is 66.7 Å². The largest absolute Gasteiger partial charge is 0.496 e. The van der Waals surface area contributed by atoms with Gasteiger partial charge in [0.15, 0.2) is 5.78 Å². The fourth-order valence-electron chi connectivity index (χ4n) is 4.57. The summed E-state index contributed by atoms with van der Waals surface area (Å²) in [5.41, 5.74) is 3.40. The van der Waals surface area contributed by atoms with Crippen LogP contribution in [0.4, 0.5) is 16.2 Å². The molecule has 0 radical (unpaired) electrons. The van der Waals surface area contributed by atoms with Crippen LogP contribution in [0, 0.1) is 0 Å². The van der Waals surface area contributed by atoms with Crippen molar-refractivity contribution in [3.63, 3.8) is 0 Å². The summed E-state index contributed by atoms with van der Waals surface area (Å²) in [7, 11) is 1.46. The van der Waals surface area contributed by atoms with Gasteiger partial charge in [0.25, 0.3) is 0 Å². The van der Waals surface area contributed by atoms with Gasteiger partial charge in [0.05, 0.1) is 29.1 Å². The number of nitrogens with one attached hydrogen (secondary N) is 2. The summed E-state index contributed by atoms with van der Waals surface area (Å²) in [6.07, 6.45) is 0.981. The van der Waals surface area contributed by atoms with Crippen LogP contribution in [0.1, 0.15) is 36.5 Å². The first-order valence-corrected chi connectivity index (χ1v) is 13.2. The van der Waals surface area contributed by atoms with Gasteiger partial charge < -0.3 is 19.7 Å². The molecule has 39 heavy (non-hydrogen) atoms. The molecule has 1 heterocycles. The van der Waals surface area contributed by atoms with Crippen LogP contribution in [0.5, 0.6) is 5.75 Å². The van der Waals surface area contributed by atoms with E-state index >= 15 is 0 Å². The third-order valence-corrected chi connectivity index (χ3v) is 6.97. The molecule has 3 aromatic carbocycles. The van der Waals surface area contributed by atoms with E-state index < -0.39 is 6.09 Å². The number of Topliss-reactive ketones (excluding diaryl/α,β-unsaturated/α-hetero) is 1. The van der Waals surface area contributed by atoms with E-state index in [1.165, 1.54) is 20.1 Å². The Labute approximate surface area is 233 Å². The Morgan fingerprint density at radius 2 is 1.64 bits per heavy atom. The number of benzene rings is 3. The van der Waals surface area contributed by atoms with Gasteiger partial charge in [0.2, 0.25) is 5.91 Å². The van der Waals surface area contributed by atoms with Crippen molar-refractivity contribution in [2.24, 2.45) is 0 Å². The van der Waals surface area contributed by atoms with Gasteiger partial charge in [0, 0.05) is 37.7 Å². The molecule has 0 bridgehead atoms. The van der Waals surface area contributed by atoms with E-state index in [2.05, 4.69) is 15.5 Å². The lowest BCUT2D eigenvalue weighted by Gasteiger charge is -2.31. The normalized spacial score (nSPS) is 13.9. The van der Waals surface area contributed by atoms with E-state index in [4.69, 9.17) is 21.1 Å². The van der Waals surface area contributed by atoms with E-state index in [-0.39, 0.29) is 29.2 Å². The minimum Gasteiger partial charge on any atom is -0.496 e. The predicted molar refractivity (Wildman–Crippen MR) is 153 cm³/mol.